The van der Waals surface area contributed by atoms with E-state index in [1.165, 1.54) is 25.7 Å². The molecule has 3 fully saturated rings. The standard InChI is InChI=1S/C12H21N3O/c16-12-6-11(10-3-4-10)14-15(12)8-9-2-1-5-13-7-9/h9-11,13-14H,1-8H2. The van der Waals surface area contributed by atoms with E-state index in [4.69, 9.17) is 0 Å². The van der Waals surface area contributed by atoms with E-state index in [0.29, 0.717) is 17.9 Å². The lowest BCUT2D eigenvalue weighted by Crippen LogP contribution is -2.44. The third kappa shape index (κ3) is 2.23. The molecule has 3 rings (SSSR count). The minimum absolute atomic E-state index is 0.308. The van der Waals surface area contributed by atoms with E-state index in [9.17, 15) is 4.79 Å². The number of rotatable bonds is 3. The van der Waals surface area contributed by atoms with Crippen molar-refractivity contribution in [2.45, 2.75) is 38.1 Å². The number of carbonyl (C=O) groups is 1. The monoisotopic (exact) mass is 223 g/mol. The highest BCUT2D eigenvalue weighted by atomic mass is 16.2. The van der Waals surface area contributed by atoms with Crippen molar-refractivity contribution in [1.82, 2.24) is 15.8 Å². The Morgan fingerprint density at radius 1 is 1.31 bits per heavy atom. The molecule has 2 aliphatic heterocycles. The molecule has 2 heterocycles. The van der Waals surface area contributed by atoms with E-state index in [1.807, 2.05) is 5.01 Å². The van der Waals surface area contributed by atoms with Crippen molar-refractivity contribution < 1.29 is 4.79 Å². The highest BCUT2D eigenvalue weighted by Crippen LogP contribution is 2.36. The largest absolute Gasteiger partial charge is 0.316 e. The van der Waals surface area contributed by atoms with Crippen LogP contribution in [-0.2, 0) is 4.79 Å². The molecule has 16 heavy (non-hydrogen) atoms. The first-order valence-electron chi connectivity index (χ1n) is 6.60. The maximum atomic E-state index is 11.8. The van der Waals surface area contributed by atoms with Gasteiger partial charge in [0.1, 0.15) is 0 Å². The molecule has 0 radical (unpaired) electrons. The molecule has 90 valence electrons. The van der Waals surface area contributed by atoms with Gasteiger partial charge in [-0.3, -0.25) is 9.80 Å². The van der Waals surface area contributed by atoms with Crippen molar-refractivity contribution >= 4 is 5.91 Å². The lowest BCUT2D eigenvalue weighted by atomic mass is 9.99. The number of amides is 1. The van der Waals surface area contributed by atoms with Crippen LogP contribution < -0.4 is 10.7 Å². The Bertz CT molecular complexity index is 271. The van der Waals surface area contributed by atoms with Crippen LogP contribution in [0.25, 0.3) is 0 Å². The summed E-state index contributed by atoms with van der Waals surface area (Å²) in [5.74, 6) is 1.73. The number of nitrogens with zero attached hydrogens (tertiary/aromatic N) is 1. The van der Waals surface area contributed by atoms with Gasteiger partial charge in [-0.15, -0.1) is 0 Å². The Balaban J connectivity index is 1.51. The van der Waals surface area contributed by atoms with Crippen LogP contribution in [0.4, 0.5) is 0 Å². The Hall–Kier alpha value is -0.610. The molecule has 1 amide bonds. The summed E-state index contributed by atoms with van der Waals surface area (Å²) in [6.07, 6.45) is 5.85. The topological polar surface area (TPSA) is 44.4 Å². The Labute approximate surface area is 96.7 Å². The summed E-state index contributed by atoms with van der Waals surface area (Å²) in [4.78, 5) is 11.8. The van der Waals surface area contributed by atoms with Crippen molar-refractivity contribution in [2.24, 2.45) is 11.8 Å². The molecular weight excluding hydrogens is 202 g/mol. The Morgan fingerprint density at radius 2 is 2.19 bits per heavy atom. The van der Waals surface area contributed by atoms with Gasteiger partial charge in [0.15, 0.2) is 0 Å². The third-order valence-corrected chi connectivity index (χ3v) is 4.05. The first kappa shape index (κ1) is 10.5. The van der Waals surface area contributed by atoms with Gasteiger partial charge in [0.25, 0.3) is 0 Å². The number of hydrazine groups is 1. The SMILES string of the molecule is O=C1CC(C2CC2)NN1CC1CCCNC1. The van der Waals surface area contributed by atoms with Crippen LogP contribution in [0, 0.1) is 11.8 Å². The van der Waals surface area contributed by atoms with E-state index in [2.05, 4.69) is 10.7 Å². The predicted molar refractivity (Wildman–Crippen MR) is 61.6 cm³/mol. The van der Waals surface area contributed by atoms with Crippen molar-refractivity contribution in [3.05, 3.63) is 0 Å². The van der Waals surface area contributed by atoms with Crippen LogP contribution in [0.5, 0.6) is 0 Å². The van der Waals surface area contributed by atoms with Gasteiger partial charge in [0.05, 0.1) is 0 Å². The van der Waals surface area contributed by atoms with Gasteiger partial charge in [-0.1, -0.05) is 0 Å². The number of hydrogen-bond acceptors (Lipinski definition) is 3. The summed E-state index contributed by atoms with van der Waals surface area (Å²) < 4.78 is 0. The minimum atomic E-state index is 0.308. The summed E-state index contributed by atoms with van der Waals surface area (Å²) in [6, 6.07) is 0.448. The van der Waals surface area contributed by atoms with E-state index >= 15 is 0 Å². The van der Waals surface area contributed by atoms with Gasteiger partial charge in [-0.2, -0.15) is 0 Å². The van der Waals surface area contributed by atoms with Crippen molar-refractivity contribution in [2.75, 3.05) is 19.6 Å². The zero-order valence-electron chi connectivity index (χ0n) is 9.74. The lowest BCUT2D eigenvalue weighted by molar-refractivity contribution is -0.130. The highest BCUT2D eigenvalue weighted by Gasteiger charge is 2.40. The Kier molecular flexibility index (Phi) is 2.86. The molecule has 0 bridgehead atoms. The van der Waals surface area contributed by atoms with E-state index < -0.39 is 0 Å². The quantitative estimate of drug-likeness (QED) is 0.732. The lowest BCUT2D eigenvalue weighted by Gasteiger charge is -2.27. The van der Waals surface area contributed by atoms with Gasteiger partial charge in [0, 0.05) is 19.0 Å². The minimum Gasteiger partial charge on any atom is -0.316 e. The fraction of sp³-hybridized carbons (Fsp3) is 0.917. The fourth-order valence-corrected chi connectivity index (χ4v) is 2.88. The van der Waals surface area contributed by atoms with Crippen LogP contribution in [0.15, 0.2) is 0 Å². The molecule has 4 heteroatoms. The van der Waals surface area contributed by atoms with Gasteiger partial charge in [0.2, 0.25) is 5.91 Å². The summed E-state index contributed by atoms with van der Waals surface area (Å²) in [7, 11) is 0. The molecule has 4 nitrogen and oxygen atoms in total. The van der Waals surface area contributed by atoms with Crippen LogP contribution in [-0.4, -0.2) is 36.6 Å². The second-order valence-electron chi connectivity index (χ2n) is 5.49. The number of nitrogens with one attached hydrogen (secondary N) is 2. The average molecular weight is 223 g/mol. The van der Waals surface area contributed by atoms with Gasteiger partial charge in [-0.05, 0) is 50.6 Å². The van der Waals surface area contributed by atoms with Gasteiger partial charge < -0.3 is 5.32 Å². The second kappa shape index (κ2) is 4.34. The normalized spacial score (nSPS) is 35.8. The maximum Gasteiger partial charge on any atom is 0.238 e. The molecule has 0 aromatic carbocycles. The first-order chi connectivity index (χ1) is 7.83. The first-order valence-corrected chi connectivity index (χ1v) is 6.60. The molecule has 2 unspecified atom stereocenters. The van der Waals surface area contributed by atoms with E-state index in [-0.39, 0.29) is 0 Å². The summed E-state index contributed by atoms with van der Waals surface area (Å²) in [6.45, 7) is 3.11. The molecule has 3 aliphatic rings. The van der Waals surface area contributed by atoms with Crippen LogP contribution in [0.1, 0.15) is 32.1 Å². The zero-order valence-corrected chi connectivity index (χ0v) is 9.74. The molecule has 2 N–H and O–H groups in total. The number of piperidine rings is 1. The summed E-state index contributed by atoms with van der Waals surface area (Å²) in [5.41, 5.74) is 3.41. The van der Waals surface area contributed by atoms with Crippen LogP contribution in [0.3, 0.4) is 0 Å². The molecule has 0 aromatic heterocycles. The fourth-order valence-electron chi connectivity index (χ4n) is 2.88. The highest BCUT2D eigenvalue weighted by molar-refractivity contribution is 5.78. The molecule has 2 atom stereocenters. The van der Waals surface area contributed by atoms with Crippen molar-refractivity contribution in [3.63, 3.8) is 0 Å². The zero-order chi connectivity index (χ0) is 11.0. The summed E-state index contributed by atoms with van der Waals surface area (Å²) in [5, 5.41) is 5.29. The van der Waals surface area contributed by atoms with E-state index in [1.54, 1.807) is 0 Å². The molecular formula is C12H21N3O. The smallest absolute Gasteiger partial charge is 0.238 e. The number of hydrogen-bond donors (Lipinski definition) is 2. The second-order valence-corrected chi connectivity index (χ2v) is 5.49. The molecule has 1 aliphatic carbocycles. The van der Waals surface area contributed by atoms with Crippen molar-refractivity contribution in [1.29, 1.82) is 0 Å². The van der Waals surface area contributed by atoms with Gasteiger partial charge in [-0.25, -0.2) is 5.43 Å². The van der Waals surface area contributed by atoms with Gasteiger partial charge >= 0.3 is 0 Å². The Morgan fingerprint density at radius 3 is 2.88 bits per heavy atom. The maximum absolute atomic E-state index is 11.8. The molecule has 1 saturated carbocycles. The molecule has 0 aromatic rings. The van der Waals surface area contributed by atoms with Crippen LogP contribution in [0.2, 0.25) is 0 Å². The summed E-state index contributed by atoms with van der Waals surface area (Å²) >= 11 is 0. The predicted octanol–water partition coefficient (Wildman–Crippen LogP) is 0.501. The van der Waals surface area contributed by atoms with Crippen molar-refractivity contribution in [3.8, 4) is 0 Å². The van der Waals surface area contributed by atoms with Crippen LogP contribution >= 0.6 is 0 Å². The van der Waals surface area contributed by atoms with E-state index in [0.717, 1.165) is 32.0 Å². The molecule has 2 saturated heterocycles. The average Bonchev–Trinajstić information content (AvgIpc) is 3.07. The number of carbonyl (C=O) groups excluding carboxylic acids is 1. The molecule has 0 spiro atoms. The third-order valence-electron chi connectivity index (χ3n) is 4.05.